The van der Waals surface area contributed by atoms with E-state index < -0.39 is 11.5 Å². The van der Waals surface area contributed by atoms with Crippen LogP contribution in [0.2, 0.25) is 0 Å². The maximum absolute atomic E-state index is 12.6. The van der Waals surface area contributed by atoms with Crippen molar-refractivity contribution < 1.29 is 14.7 Å². The number of benzene rings is 1. The highest BCUT2D eigenvalue weighted by Crippen LogP contribution is 2.28. The molecule has 2 N–H and O–H groups in total. The van der Waals surface area contributed by atoms with Crippen LogP contribution < -0.4 is 5.32 Å². The van der Waals surface area contributed by atoms with Crippen molar-refractivity contribution in [1.82, 2.24) is 5.32 Å². The Labute approximate surface area is 118 Å². The van der Waals surface area contributed by atoms with Gasteiger partial charge in [-0.1, -0.05) is 44.5 Å². The van der Waals surface area contributed by atoms with Crippen LogP contribution in [0, 0.1) is 0 Å². The molecule has 4 heteroatoms. The highest BCUT2D eigenvalue weighted by Gasteiger charge is 2.35. The van der Waals surface area contributed by atoms with Crippen LogP contribution in [0.15, 0.2) is 35.6 Å². The standard InChI is InChI=1S/C16H19NO3/c1-3-7-12(17-4-2)13-14(18)10-8-5-6-9-11(10)15(19)16(13)20/h5-6,8-9,12,17,20H,3-4,7H2,1-2H3. The molecule has 0 spiro atoms. The third kappa shape index (κ3) is 2.39. The molecule has 0 heterocycles. The molecule has 106 valence electrons. The molecule has 1 unspecified atom stereocenters. The lowest BCUT2D eigenvalue weighted by atomic mass is 9.84. The number of aliphatic hydroxyl groups is 1. The number of hydrogen-bond acceptors (Lipinski definition) is 4. The number of fused-ring (bicyclic) bond motifs is 1. The van der Waals surface area contributed by atoms with Crippen LogP contribution in [0.3, 0.4) is 0 Å². The monoisotopic (exact) mass is 273 g/mol. The average Bonchev–Trinajstić information content (AvgIpc) is 2.45. The van der Waals surface area contributed by atoms with E-state index in [-0.39, 0.29) is 23.0 Å². The molecule has 0 saturated carbocycles. The molecule has 1 aliphatic carbocycles. The third-order valence-electron chi connectivity index (χ3n) is 3.51. The van der Waals surface area contributed by atoms with Gasteiger partial charge >= 0.3 is 0 Å². The fraction of sp³-hybridized carbons (Fsp3) is 0.375. The lowest BCUT2D eigenvalue weighted by molar-refractivity contribution is 0.0921. The topological polar surface area (TPSA) is 66.4 Å². The van der Waals surface area contributed by atoms with Crippen LogP contribution in [0.25, 0.3) is 0 Å². The van der Waals surface area contributed by atoms with Crippen LogP contribution >= 0.6 is 0 Å². The smallest absolute Gasteiger partial charge is 0.228 e. The molecular weight excluding hydrogens is 254 g/mol. The molecular formula is C16H19NO3. The van der Waals surface area contributed by atoms with E-state index in [9.17, 15) is 14.7 Å². The van der Waals surface area contributed by atoms with Crippen molar-refractivity contribution in [2.75, 3.05) is 6.54 Å². The first-order valence-corrected chi connectivity index (χ1v) is 6.96. The quantitative estimate of drug-likeness (QED) is 0.865. The van der Waals surface area contributed by atoms with Gasteiger partial charge in [-0.2, -0.15) is 0 Å². The van der Waals surface area contributed by atoms with Crippen LogP contribution in [0.1, 0.15) is 47.4 Å². The van der Waals surface area contributed by atoms with Gasteiger partial charge in [0, 0.05) is 17.2 Å². The molecule has 0 radical (unpaired) electrons. The van der Waals surface area contributed by atoms with E-state index in [4.69, 9.17) is 0 Å². The summed E-state index contributed by atoms with van der Waals surface area (Å²) in [6, 6.07) is 6.35. The van der Waals surface area contributed by atoms with Crippen LogP contribution in [0.4, 0.5) is 0 Å². The van der Waals surface area contributed by atoms with Crippen LogP contribution in [0.5, 0.6) is 0 Å². The number of nitrogens with one attached hydrogen (secondary N) is 1. The number of rotatable bonds is 5. The van der Waals surface area contributed by atoms with Gasteiger partial charge in [-0.15, -0.1) is 0 Å². The van der Waals surface area contributed by atoms with Gasteiger partial charge in [0.1, 0.15) is 0 Å². The Morgan fingerprint density at radius 2 is 1.70 bits per heavy atom. The molecule has 0 saturated heterocycles. The molecule has 0 aromatic heterocycles. The van der Waals surface area contributed by atoms with Gasteiger partial charge in [0.25, 0.3) is 0 Å². The van der Waals surface area contributed by atoms with Crippen molar-refractivity contribution in [1.29, 1.82) is 0 Å². The molecule has 0 fully saturated rings. The molecule has 20 heavy (non-hydrogen) atoms. The summed E-state index contributed by atoms with van der Waals surface area (Å²) in [6.07, 6.45) is 1.56. The highest BCUT2D eigenvalue weighted by molar-refractivity contribution is 6.26. The Kier molecular flexibility index (Phi) is 4.35. The van der Waals surface area contributed by atoms with Gasteiger partial charge in [0.05, 0.1) is 5.57 Å². The maximum atomic E-state index is 12.6. The average molecular weight is 273 g/mol. The minimum atomic E-state index is -0.464. The normalized spacial score (nSPS) is 16.3. The summed E-state index contributed by atoms with van der Waals surface area (Å²) in [5.41, 5.74) is 0.868. The van der Waals surface area contributed by atoms with Crippen molar-refractivity contribution in [3.05, 3.63) is 46.7 Å². The van der Waals surface area contributed by atoms with Crippen molar-refractivity contribution in [3.63, 3.8) is 0 Å². The highest BCUT2D eigenvalue weighted by atomic mass is 16.3. The number of Topliss-reactive ketones (excluding diaryl/α,β-unsaturated/α-hetero) is 2. The number of likely N-dealkylation sites (N-methyl/N-ethyl adjacent to an activating group) is 1. The molecule has 0 bridgehead atoms. The predicted molar refractivity (Wildman–Crippen MR) is 77.1 cm³/mol. The molecule has 1 aliphatic rings. The number of aliphatic hydroxyl groups excluding tert-OH is 1. The van der Waals surface area contributed by atoms with Crippen molar-refractivity contribution in [2.24, 2.45) is 0 Å². The summed E-state index contributed by atoms with van der Waals surface area (Å²) < 4.78 is 0. The van der Waals surface area contributed by atoms with E-state index >= 15 is 0 Å². The number of hydrogen-bond donors (Lipinski definition) is 2. The second-order valence-corrected chi connectivity index (χ2v) is 4.87. The van der Waals surface area contributed by atoms with Crippen LogP contribution in [-0.4, -0.2) is 29.3 Å². The fourth-order valence-electron chi connectivity index (χ4n) is 2.59. The van der Waals surface area contributed by atoms with E-state index in [1.165, 1.54) is 0 Å². The number of allylic oxidation sites excluding steroid dienone is 1. The number of ketones is 2. The van der Waals surface area contributed by atoms with Gasteiger partial charge in [-0.05, 0) is 13.0 Å². The summed E-state index contributed by atoms with van der Waals surface area (Å²) in [4.78, 5) is 24.8. The SMILES string of the molecule is CCCC(NCC)C1=C(O)C(=O)c2ccccc2C1=O. The minimum absolute atomic E-state index is 0.206. The zero-order valence-corrected chi connectivity index (χ0v) is 11.8. The minimum Gasteiger partial charge on any atom is -0.504 e. The Hall–Kier alpha value is -1.94. The van der Waals surface area contributed by atoms with Crippen molar-refractivity contribution in [2.45, 2.75) is 32.7 Å². The van der Waals surface area contributed by atoms with Gasteiger partial charge in [-0.3, -0.25) is 9.59 Å². The zero-order chi connectivity index (χ0) is 14.7. The first-order chi connectivity index (χ1) is 9.61. The van der Waals surface area contributed by atoms with Gasteiger partial charge in [0.2, 0.25) is 5.78 Å². The van der Waals surface area contributed by atoms with E-state index in [2.05, 4.69) is 5.32 Å². The zero-order valence-electron chi connectivity index (χ0n) is 11.8. The Balaban J connectivity index is 2.50. The predicted octanol–water partition coefficient (Wildman–Crippen LogP) is 2.66. The first kappa shape index (κ1) is 14.5. The lowest BCUT2D eigenvalue weighted by Crippen LogP contribution is -2.38. The van der Waals surface area contributed by atoms with E-state index in [0.717, 1.165) is 6.42 Å². The first-order valence-electron chi connectivity index (χ1n) is 6.96. The summed E-state index contributed by atoms with van der Waals surface area (Å²) in [5.74, 6) is -1.13. The Morgan fingerprint density at radius 3 is 2.25 bits per heavy atom. The van der Waals surface area contributed by atoms with E-state index in [1.54, 1.807) is 24.3 Å². The van der Waals surface area contributed by atoms with Gasteiger partial charge in [-0.25, -0.2) is 0 Å². The molecule has 0 aliphatic heterocycles. The van der Waals surface area contributed by atoms with Gasteiger partial charge in [0.15, 0.2) is 11.5 Å². The van der Waals surface area contributed by atoms with Crippen LogP contribution in [-0.2, 0) is 0 Å². The summed E-state index contributed by atoms with van der Waals surface area (Å²) >= 11 is 0. The molecule has 1 aromatic carbocycles. The molecule has 1 aromatic rings. The number of carbonyl (C=O) groups excluding carboxylic acids is 2. The second kappa shape index (κ2) is 6.01. The Bertz CT molecular complexity index is 569. The summed E-state index contributed by atoms with van der Waals surface area (Å²) in [6.45, 7) is 4.61. The van der Waals surface area contributed by atoms with E-state index in [1.807, 2.05) is 13.8 Å². The summed E-state index contributed by atoms with van der Waals surface area (Å²) in [7, 11) is 0. The van der Waals surface area contributed by atoms with Gasteiger partial charge < -0.3 is 10.4 Å². The maximum Gasteiger partial charge on any atom is 0.228 e. The van der Waals surface area contributed by atoms with Crippen molar-refractivity contribution >= 4 is 11.6 Å². The molecule has 0 amide bonds. The number of carbonyl (C=O) groups is 2. The largest absolute Gasteiger partial charge is 0.504 e. The summed E-state index contributed by atoms with van der Waals surface area (Å²) in [5, 5.41) is 13.3. The molecule has 4 nitrogen and oxygen atoms in total. The fourth-order valence-corrected chi connectivity index (χ4v) is 2.59. The Morgan fingerprint density at radius 1 is 1.10 bits per heavy atom. The second-order valence-electron chi connectivity index (χ2n) is 4.87. The lowest BCUT2D eigenvalue weighted by Gasteiger charge is -2.24. The van der Waals surface area contributed by atoms with Crippen molar-refractivity contribution in [3.8, 4) is 0 Å². The molecule has 2 rings (SSSR count). The molecule has 1 atom stereocenters. The van der Waals surface area contributed by atoms with E-state index in [0.29, 0.717) is 18.5 Å². The third-order valence-corrected chi connectivity index (χ3v) is 3.51.